The number of rotatable bonds is 5. The maximum atomic E-state index is 5.74. The summed E-state index contributed by atoms with van der Waals surface area (Å²) < 4.78 is 6.74. The quantitative estimate of drug-likeness (QED) is 0.767. The molecular weight excluding hydrogens is 296 g/mol. The third kappa shape index (κ3) is 2.36. The summed E-state index contributed by atoms with van der Waals surface area (Å²) in [5.74, 6) is 0. The predicted octanol–water partition coefficient (Wildman–Crippen LogP) is 1.45. The highest BCUT2D eigenvalue weighted by Gasteiger charge is 2.18. The van der Waals surface area contributed by atoms with Crippen LogP contribution in [0.4, 0.5) is 0 Å². The molecule has 0 spiro atoms. The molecule has 0 amide bonds. The number of hydrogen-bond donors (Lipinski definition) is 1. The molecule has 0 radical (unpaired) electrons. The topological polar surface area (TPSA) is 91.7 Å². The number of methoxy groups -OCH3 is 1. The van der Waals surface area contributed by atoms with Crippen LogP contribution in [0.3, 0.4) is 0 Å². The van der Waals surface area contributed by atoms with E-state index in [2.05, 4.69) is 20.5 Å². The smallest absolute Gasteiger partial charge is 0.234 e. The number of hydrogen-bond acceptors (Lipinski definition) is 8. The lowest BCUT2D eigenvalue weighted by Crippen LogP contribution is -2.01. The van der Waals surface area contributed by atoms with E-state index in [0.717, 1.165) is 21.3 Å². The van der Waals surface area contributed by atoms with Crippen LogP contribution in [0.2, 0.25) is 0 Å². The Bertz CT molecular complexity index is 690. The standard InChI is InChI=1S/C11H12N6OS2/c1-18-6-9-14-15-11(20-9)17-10(7(5-12)13-16-17)8-3-2-4-19-8/h2-4H,5-6,12H2,1H3. The second-order valence-corrected chi connectivity index (χ2v) is 5.88. The fourth-order valence-corrected chi connectivity index (χ4v) is 3.30. The van der Waals surface area contributed by atoms with Gasteiger partial charge in [-0.2, -0.15) is 4.68 Å². The average Bonchev–Trinajstić information content (AvgIpc) is 3.18. The largest absolute Gasteiger partial charge is 0.377 e. The molecule has 0 unspecified atom stereocenters. The van der Waals surface area contributed by atoms with Crippen molar-refractivity contribution in [2.24, 2.45) is 5.73 Å². The van der Waals surface area contributed by atoms with Gasteiger partial charge in [0.25, 0.3) is 0 Å². The van der Waals surface area contributed by atoms with E-state index in [-0.39, 0.29) is 0 Å². The van der Waals surface area contributed by atoms with Crippen molar-refractivity contribution in [3.05, 3.63) is 28.2 Å². The molecule has 0 aliphatic heterocycles. The SMILES string of the molecule is COCc1nnc(-n2nnc(CN)c2-c2cccs2)s1. The van der Waals surface area contributed by atoms with E-state index in [4.69, 9.17) is 10.5 Å². The first-order valence-corrected chi connectivity index (χ1v) is 7.53. The minimum atomic E-state index is 0.330. The third-order valence-electron chi connectivity index (χ3n) is 2.59. The van der Waals surface area contributed by atoms with Gasteiger partial charge in [0.15, 0.2) is 0 Å². The molecule has 0 fully saturated rings. The fraction of sp³-hybridized carbons (Fsp3) is 0.273. The Morgan fingerprint density at radius 2 is 2.25 bits per heavy atom. The van der Waals surface area contributed by atoms with Crippen molar-refractivity contribution in [2.45, 2.75) is 13.2 Å². The Morgan fingerprint density at radius 3 is 2.95 bits per heavy atom. The van der Waals surface area contributed by atoms with Crippen LogP contribution in [0.25, 0.3) is 15.7 Å². The molecule has 0 aromatic carbocycles. The second kappa shape index (κ2) is 5.75. The number of thiophene rings is 1. The molecule has 0 aliphatic rings. The van der Waals surface area contributed by atoms with Gasteiger partial charge >= 0.3 is 0 Å². The summed E-state index contributed by atoms with van der Waals surface area (Å²) in [4.78, 5) is 1.05. The molecule has 20 heavy (non-hydrogen) atoms. The highest BCUT2D eigenvalue weighted by atomic mass is 32.1. The Morgan fingerprint density at radius 1 is 1.35 bits per heavy atom. The maximum absolute atomic E-state index is 5.74. The normalized spacial score (nSPS) is 11.1. The van der Waals surface area contributed by atoms with E-state index in [9.17, 15) is 0 Å². The summed E-state index contributed by atoms with van der Waals surface area (Å²) in [5.41, 5.74) is 7.36. The Hall–Kier alpha value is -1.68. The lowest BCUT2D eigenvalue weighted by molar-refractivity contribution is 0.184. The van der Waals surface area contributed by atoms with Crippen LogP contribution in [0, 0.1) is 0 Å². The molecular formula is C11H12N6OS2. The monoisotopic (exact) mass is 308 g/mol. The lowest BCUT2D eigenvalue weighted by Gasteiger charge is -2.01. The second-order valence-electron chi connectivity index (χ2n) is 3.89. The Kier molecular flexibility index (Phi) is 3.83. The average molecular weight is 308 g/mol. The van der Waals surface area contributed by atoms with Crippen LogP contribution < -0.4 is 5.73 Å². The molecule has 3 aromatic rings. The number of nitrogens with zero attached hydrogens (tertiary/aromatic N) is 5. The van der Waals surface area contributed by atoms with Gasteiger partial charge in [0.2, 0.25) is 5.13 Å². The lowest BCUT2D eigenvalue weighted by atomic mass is 10.2. The van der Waals surface area contributed by atoms with Gasteiger partial charge < -0.3 is 10.5 Å². The molecule has 0 bridgehead atoms. The summed E-state index contributed by atoms with van der Waals surface area (Å²) in [7, 11) is 1.63. The molecule has 2 N–H and O–H groups in total. The van der Waals surface area contributed by atoms with Gasteiger partial charge in [-0.3, -0.25) is 0 Å². The van der Waals surface area contributed by atoms with Crippen LogP contribution in [0.15, 0.2) is 17.5 Å². The number of nitrogens with two attached hydrogens (primary N) is 1. The minimum Gasteiger partial charge on any atom is -0.377 e. The van der Waals surface area contributed by atoms with Crippen molar-refractivity contribution in [1.82, 2.24) is 25.2 Å². The number of ether oxygens (including phenoxy) is 1. The molecule has 0 aliphatic carbocycles. The van der Waals surface area contributed by atoms with Crippen molar-refractivity contribution in [3.63, 3.8) is 0 Å². The van der Waals surface area contributed by atoms with Crippen LogP contribution in [-0.4, -0.2) is 32.3 Å². The zero-order valence-electron chi connectivity index (χ0n) is 10.7. The molecule has 3 aromatic heterocycles. The van der Waals surface area contributed by atoms with Gasteiger partial charge in [0.05, 0.1) is 4.88 Å². The van der Waals surface area contributed by atoms with Gasteiger partial charge in [-0.15, -0.1) is 26.6 Å². The van der Waals surface area contributed by atoms with Crippen molar-refractivity contribution in [3.8, 4) is 15.7 Å². The van der Waals surface area contributed by atoms with Crippen LogP contribution >= 0.6 is 22.7 Å². The van der Waals surface area contributed by atoms with Gasteiger partial charge in [0, 0.05) is 13.7 Å². The first-order chi connectivity index (χ1) is 9.83. The molecule has 0 atom stereocenters. The first kappa shape index (κ1) is 13.3. The van der Waals surface area contributed by atoms with E-state index >= 15 is 0 Å². The molecule has 3 rings (SSSR count). The van der Waals surface area contributed by atoms with Gasteiger partial charge in [0.1, 0.15) is 23.0 Å². The van der Waals surface area contributed by atoms with Crippen LogP contribution in [-0.2, 0) is 17.9 Å². The summed E-state index contributed by atoms with van der Waals surface area (Å²) >= 11 is 3.03. The van der Waals surface area contributed by atoms with Gasteiger partial charge in [-0.25, -0.2) is 0 Å². The molecule has 3 heterocycles. The van der Waals surface area contributed by atoms with E-state index in [1.165, 1.54) is 11.3 Å². The summed E-state index contributed by atoms with van der Waals surface area (Å²) in [6, 6.07) is 3.99. The van der Waals surface area contributed by atoms with Crippen LogP contribution in [0.1, 0.15) is 10.7 Å². The van der Waals surface area contributed by atoms with Gasteiger partial charge in [-0.1, -0.05) is 22.6 Å². The third-order valence-corrected chi connectivity index (χ3v) is 4.34. The number of aromatic nitrogens is 5. The highest BCUT2D eigenvalue weighted by Crippen LogP contribution is 2.29. The minimum absolute atomic E-state index is 0.330. The van der Waals surface area contributed by atoms with E-state index in [0.29, 0.717) is 18.3 Å². The van der Waals surface area contributed by atoms with Crippen molar-refractivity contribution >= 4 is 22.7 Å². The van der Waals surface area contributed by atoms with E-state index in [1.54, 1.807) is 23.1 Å². The molecule has 0 saturated heterocycles. The highest BCUT2D eigenvalue weighted by molar-refractivity contribution is 7.14. The zero-order valence-corrected chi connectivity index (χ0v) is 12.3. The van der Waals surface area contributed by atoms with Crippen molar-refractivity contribution in [1.29, 1.82) is 0 Å². The zero-order chi connectivity index (χ0) is 13.9. The Labute approximate surface area is 123 Å². The molecule has 104 valence electrons. The summed E-state index contributed by atoms with van der Waals surface area (Å²) in [6.45, 7) is 0.765. The first-order valence-electron chi connectivity index (χ1n) is 5.83. The van der Waals surface area contributed by atoms with E-state index in [1.807, 2.05) is 17.5 Å². The van der Waals surface area contributed by atoms with Crippen molar-refractivity contribution in [2.75, 3.05) is 7.11 Å². The molecule has 0 saturated carbocycles. The van der Waals surface area contributed by atoms with Crippen LogP contribution in [0.5, 0.6) is 0 Å². The maximum Gasteiger partial charge on any atom is 0.234 e. The van der Waals surface area contributed by atoms with Crippen molar-refractivity contribution < 1.29 is 4.74 Å². The van der Waals surface area contributed by atoms with Gasteiger partial charge in [-0.05, 0) is 11.4 Å². The molecule has 7 nitrogen and oxygen atoms in total. The fourth-order valence-electron chi connectivity index (χ4n) is 1.76. The molecule has 9 heteroatoms. The summed E-state index contributed by atoms with van der Waals surface area (Å²) in [5, 5.41) is 19.9. The van der Waals surface area contributed by atoms with E-state index < -0.39 is 0 Å². The summed E-state index contributed by atoms with van der Waals surface area (Å²) in [6.07, 6.45) is 0. The Balaban J connectivity index is 2.07. The predicted molar refractivity (Wildman–Crippen MR) is 76.7 cm³/mol.